The molecule has 4 rings (SSSR count). The first-order chi connectivity index (χ1) is 14.2. The van der Waals surface area contributed by atoms with Crippen LogP contribution in [0, 0.1) is 0 Å². The quantitative estimate of drug-likeness (QED) is 0.654. The Kier molecular flexibility index (Phi) is 5.41. The number of hydrogen-bond acceptors (Lipinski definition) is 6. The second-order valence-electron chi connectivity index (χ2n) is 6.92. The van der Waals surface area contributed by atoms with E-state index in [1.807, 2.05) is 35.2 Å². The molecular weight excluding hydrogens is 370 g/mol. The largest absolute Gasteiger partial charge is 0.495 e. The Morgan fingerprint density at radius 1 is 1.03 bits per heavy atom. The van der Waals surface area contributed by atoms with Gasteiger partial charge in [0.1, 0.15) is 11.3 Å². The van der Waals surface area contributed by atoms with Gasteiger partial charge in [-0.15, -0.1) is 5.10 Å². The highest BCUT2D eigenvalue weighted by atomic mass is 16.5. The normalized spacial score (nSPS) is 14.2. The van der Waals surface area contributed by atoms with Crippen molar-refractivity contribution in [1.82, 2.24) is 19.9 Å². The average molecular weight is 393 g/mol. The minimum Gasteiger partial charge on any atom is -0.495 e. The van der Waals surface area contributed by atoms with Gasteiger partial charge < -0.3 is 14.5 Å². The van der Waals surface area contributed by atoms with Crippen LogP contribution in [0.3, 0.4) is 0 Å². The third-order valence-electron chi connectivity index (χ3n) is 5.23. The van der Waals surface area contributed by atoms with Gasteiger partial charge in [-0.2, -0.15) is 0 Å². The van der Waals surface area contributed by atoms with E-state index in [0.717, 1.165) is 24.5 Å². The molecule has 0 spiro atoms. The zero-order valence-electron chi connectivity index (χ0n) is 16.3. The van der Waals surface area contributed by atoms with Crippen LogP contribution < -0.4 is 15.2 Å². The summed E-state index contributed by atoms with van der Waals surface area (Å²) in [5.41, 5.74) is 1.39. The van der Waals surface area contributed by atoms with Crippen LogP contribution in [-0.4, -0.2) is 59.1 Å². The molecule has 1 fully saturated rings. The van der Waals surface area contributed by atoms with E-state index in [-0.39, 0.29) is 24.4 Å². The first-order valence-electron chi connectivity index (χ1n) is 9.65. The molecular formula is C21H23N5O3. The standard InChI is InChI=1S/C21H23N5O3/c1-29-19-9-5-4-8-18(19)24-12-14-25(15-13-24)20(27)10-11-26-21(28)16-6-2-3-7-17(16)22-23-26/h2-9H,10-15H2,1H3. The summed E-state index contributed by atoms with van der Waals surface area (Å²) in [6.07, 6.45) is 0.224. The van der Waals surface area contributed by atoms with Crippen molar-refractivity contribution >= 4 is 22.5 Å². The second kappa shape index (κ2) is 8.30. The molecule has 3 aromatic rings. The van der Waals surface area contributed by atoms with Gasteiger partial charge in [0.2, 0.25) is 5.91 Å². The number of amides is 1. The van der Waals surface area contributed by atoms with Crippen molar-refractivity contribution in [1.29, 1.82) is 0 Å². The zero-order chi connectivity index (χ0) is 20.2. The number of carbonyl (C=O) groups is 1. The molecule has 2 heterocycles. The number of nitrogens with zero attached hydrogens (tertiary/aromatic N) is 5. The third-order valence-corrected chi connectivity index (χ3v) is 5.23. The van der Waals surface area contributed by atoms with E-state index in [0.29, 0.717) is 24.0 Å². The van der Waals surface area contributed by atoms with Crippen LogP contribution in [0.5, 0.6) is 5.75 Å². The molecule has 0 N–H and O–H groups in total. The van der Waals surface area contributed by atoms with E-state index in [4.69, 9.17) is 4.74 Å². The van der Waals surface area contributed by atoms with Gasteiger partial charge in [-0.05, 0) is 24.3 Å². The highest BCUT2D eigenvalue weighted by Gasteiger charge is 2.23. The maximum absolute atomic E-state index is 12.6. The van der Waals surface area contributed by atoms with Gasteiger partial charge in [0.25, 0.3) is 5.56 Å². The van der Waals surface area contributed by atoms with Crippen LogP contribution in [-0.2, 0) is 11.3 Å². The number of aromatic nitrogens is 3. The Labute approximate surface area is 168 Å². The summed E-state index contributed by atoms with van der Waals surface area (Å²) in [5, 5.41) is 8.53. The summed E-state index contributed by atoms with van der Waals surface area (Å²) in [6.45, 7) is 2.97. The van der Waals surface area contributed by atoms with Crippen LogP contribution in [0.25, 0.3) is 10.9 Å². The van der Waals surface area contributed by atoms with Crippen molar-refractivity contribution in [3.8, 4) is 5.75 Å². The topological polar surface area (TPSA) is 80.6 Å². The number of para-hydroxylation sites is 2. The second-order valence-corrected chi connectivity index (χ2v) is 6.92. The SMILES string of the molecule is COc1ccccc1N1CCN(C(=O)CCn2nnc3ccccc3c2=O)CC1. The number of rotatable bonds is 5. The molecule has 1 aromatic heterocycles. The molecule has 150 valence electrons. The Hall–Kier alpha value is -3.42. The number of fused-ring (bicyclic) bond motifs is 1. The van der Waals surface area contributed by atoms with Crippen LogP contribution in [0.15, 0.2) is 53.3 Å². The van der Waals surface area contributed by atoms with Crippen molar-refractivity contribution < 1.29 is 9.53 Å². The van der Waals surface area contributed by atoms with E-state index < -0.39 is 0 Å². The molecule has 0 radical (unpaired) electrons. The highest BCUT2D eigenvalue weighted by molar-refractivity contribution is 5.77. The highest BCUT2D eigenvalue weighted by Crippen LogP contribution is 2.28. The molecule has 0 saturated carbocycles. The van der Waals surface area contributed by atoms with E-state index in [2.05, 4.69) is 15.2 Å². The number of benzene rings is 2. The first kappa shape index (κ1) is 18.9. The maximum atomic E-state index is 12.6. The number of methoxy groups -OCH3 is 1. The number of aryl methyl sites for hydroxylation is 1. The molecule has 1 amide bonds. The van der Waals surface area contributed by atoms with E-state index in [1.165, 1.54) is 4.68 Å². The summed E-state index contributed by atoms with van der Waals surface area (Å²) >= 11 is 0. The predicted molar refractivity (Wildman–Crippen MR) is 110 cm³/mol. The van der Waals surface area contributed by atoms with E-state index >= 15 is 0 Å². The molecule has 1 saturated heterocycles. The number of carbonyl (C=O) groups excluding carboxylic acids is 1. The molecule has 0 unspecified atom stereocenters. The lowest BCUT2D eigenvalue weighted by Crippen LogP contribution is -2.49. The minimum atomic E-state index is -0.218. The Bertz CT molecular complexity index is 1070. The molecule has 2 aromatic carbocycles. The lowest BCUT2D eigenvalue weighted by Gasteiger charge is -2.36. The van der Waals surface area contributed by atoms with Gasteiger partial charge in [-0.1, -0.05) is 29.5 Å². The fraction of sp³-hybridized carbons (Fsp3) is 0.333. The van der Waals surface area contributed by atoms with Crippen molar-refractivity contribution in [2.24, 2.45) is 0 Å². The van der Waals surface area contributed by atoms with Crippen LogP contribution in [0.4, 0.5) is 5.69 Å². The van der Waals surface area contributed by atoms with Crippen molar-refractivity contribution in [3.05, 3.63) is 58.9 Å². The fourth-order valence-corrected chi connectivity index (χ4v) is 3.62. The fourth-order valence-electron chi connectivity index (χ4n) is 3.62. The van der Waals surface area contributed by atoms with Gasteiger partial charge in [-0.25, -0.2) is 4.68 Å². The predicted octanol–water partition coefficient (Wildman–Crippen LogP) is 1.54. The van der Waals surface area contributed by atoms with Crippen LogP contribution in [0.1, 0.15) is 6.42 Å². The monoisotopic (exact) mass is 393 g/mol. The lowest BCUT2D eigenvalue weighted by atomic mass is 10.2. The molecule has 1 aliphatic heterocycles. The molecule has 29 heavy (non-hydrogen) atoms. The van der Waals surface area contributed by atoms with Crippen molar-refractivity contribution in [3.63, 3.8) is 0 Å². The molecule has 8 heteroatoms. The number of anilines is 1. The maximum Gasteiger partial charge on any atom is 0.277 e. The smallest absolute Gasteiger partial charge is 0.277 e. The molecule has 8 nitrogen and oxygen atoms in total. The Balaban J connectivity index is 1.36. The van der Waals surface area contributed by atoms with Gasteiger partial charge in [0.05, 0.1) is 24.7 Å². The average Bonchev–Trinajstić information content (AvgIpc) is 2.78. The molecule has 0 bridgehead atoms. The minimum absolute atomic E-state index is 0.0199. The van der Waals surface area contributed by atoms with Gasteiger partial charge in [0, 0.05) is 32.6 Å². The molecule has 0 atom stereocenters. The first-order valence-corrected chi connectivity index (χ1v) is 9.65. The van der Waals surface area contributed by atoms with Crippen molar-refractivity contribution in [2.75, 3.05) is 38.2 Å². The summed E-state index contributed by atoms with van der Waals surface area (Å²) < 4.78 is 6.70. The summed E-state index contributed by atoms with van der Waals surface area (Å²) in [5.74, 6) is 0.855. The van der Waals surface area contributed by atoms with Gasteiger partial charge in [-0.3, -0.25) is 9.59 Å². The van der Waals surface area contributed by atoms with E-state index in [1.54, 1.807) is 25.3 Å². The lowest BCUT2D eigenvalue weighted by molar-refractivity contribution is -0.131. The van der Waals surface area contributed by atoms with E-state index in [9.17, 15) is 9.59 Å². The van der Waals surface area contributed by atoms with Crippen molar-refractivity contribution in [2.45, 2.75) is 13.0 Å². The Morgan fingerprint density at radius 3 is 2.55 bits per heavy atom. The number of piperazine rings is 1. The number of hydrogen-bond donors (Lipinski definition) is 0. The van der Waals surface area contributed by atoms with Gasteiger partial charge in [0.15, 0.2) is 0 Å². The summed E-state index contributed by atoms with van der Waals surface area (Å²) in [7, 11) is 1.66. The van der Waals surface area contributed by atoms with Crippen LogP contribution >= 0.6 is 0 Å². The number of ether oxygens (including phenoxy) is 1. The van der Waals surface area contributed by atoms with Gasteiger partial charge >= 0.3 is 0 Å². The summed E-state index contributed by atoms with van der Waals surface area (Å²) in [6, 6.07) is 15.0. The molecule has 0 aliphatic carbocycles. The Morgan fingerprint density at radius 2 is 1.76 bits per heavy atom. The third kappa shape index (κ3) is 3.91. The van der Waals surface area contributed by atoms with Crippen LogP contribution in [0.2, 0.25) is 0 Å². The molecule has 1 aliphatic rings. The zero-order valence-corrected chi connectivity index (χ0v) is 16.3. The summed E-state index contributed by atoms with van der Waals surface area (Å²) in [4.78, 5) is 29.2.